The first-order valence-electron chi connectivity index (χ1n) is 8.04. The van der Waals surface area contributed by atoms with Crippen molar-refractivity contribution < 1.29 is 4.74 Å². The van der Waals surface area contributed by atoms with Gasteiger partial charge in [0.15, 0.2) is 0 Å². The quantitative estimate of drug-likeness (QED) is 0.817. The van der Waals surface area contributed by atoms with Gasteiger partial charge in [-0.3, -0.25) is 0 Å². The van der Waals surface area contributed by atoms with E-state index in [0.717, 1.165) is 12.5 Å². The van der Waals surface area contributed by atoms with Gasteiger partial charge < -0.3 is 10.1 Å². The van der Waals surface area contributed by atoms with E-state index >= 15 is 0 Å². The molecule has 114 valence electrons. The third-order valence-electron chi connectivity index (χ3n) is 4.18. The Hall–Kier alpha value is -0.0800. The molecule has 0 aromatic carbocycles. The summed E-state index contributed by atoms with van der Waals surface area (Å²) in [6.07, 6.45) is 5.34. The Balaban J connectivity index is 2.68. The maximum atomic E-state index is 6.35. The van der Waals surface area contributed by atoms with E-state index in [2.05, 4.69) is 53.8 Å². The van der Waals surface area contributed by atoms with Crippen LogP contribution in [0, 0.1) is 11.3 Å². The molecule has 0 spiro atoms. The van der Waals surface area contributed by atoms with E-state index < -0.39 is 0 Å². The average Bonchev–Trinajstić information content (AvgIpc) is 2.24. The molecule has 0 aliphatic heterocycles. The van der Waals surface area contributed by atoms with Gasteiger partial charge in [0.2, 0.25) is 0 Å². The molecule has 1 fully saturated rings. The molecule has 1 aliphatic rings. The fraction of sp³-hybridized carbons (Fsp3) is 1.00. The number of nitrogens with one attached hydrogen (secondary N) is 1. The summed E-state index contributed by atoms with van der Waals surface area (Å²) in [5.74, 6) is 0.777. The van der Waals surface area contributed by atoms with E-state index in [0.29, 0.717) is 17.6 Å². The molecule has 3 atom stereocenters. The molecule has 0 aromatic heterocycles. The number of hydrogen-bond acceptors (Lipinski definition) is 2. The first kappa shape index (κ1) is 17.0. The normalized spacial score (nSPS) is 29.5. The molecule has 0 amide bonds. The van der Waals surface area contributed by atoms with E-state index in [9.17, 15) is 0 Å². The van der Waals surface area contributed by atoms with Crippen LogP contribution < -0.4 is 5.32 Å². The Labute approximate surface area is 120 Å². The van der Waals surface area contributed by atoms with Crippen LogP contribution in [0.4, 0.5) is 0 Å². The fourth-order valence-corrected chi connectivity index (χ4v) is 3.06. The Morgan fingerprint density at radius 2 is 1.68 bits per heavy atom. The van der Waals surface area contributed by atoms with Gasteiger partial charge in [-0.15, -0.1) is 0 Å². The highest BCUT2D eigenvalue weighted by Gasteiger charge is 2.37. The highest BCUT2D eigenvalue weighted by molar-refractivity contribution is 4.91. The molecular weight excluding hydrogens is 234 g/mol. The molecule has 0 heterocycles. The van der Waals surface area contributed by atoms with Crippen molar-refractivity contribution in [2.45, 2.75) is 91.9 Å². The molecule has 0 radical (unpaired) electrons. The highest BCUT2D eigenvalue weighted by atomic mass is 16.5. The van der Waals surface area contributed by atoms with E-state index in [4.69, 9.17) is 4.74 Å². The lowest BCUT2D eigenvalue weighted by Crippen LogP contribution is -2.50. The first-order chi connectivity index (χ1) is 8.63. The summed E-state index contributed by atoms with van der Waals surface area (Å²) >= 11 is 0. The van der Waals surface area contributed by atoms with Crippen LogP contribution in [0.15, 0.2) is 0 Å². The van der Waals surface area contributed by atoms with E-state index in [1.807, 2.05) is 0 Å². The molecule has 1 N–H and O–H groups in total. The van der Waals surface area contributed by atoms with Crippen molar-refractivity contribution in [1.29, 1.82) is 0 Å². The van der Waals surface area contributed by atoms with Crippen LogP contribution in [0.1, 0.15) is 74.1 Å². The van der Waals surface area contributed by atoms with Gasteiger partial charge in [-0.05, 0) is 64.3 Å². The van der Waals surface area contributed by atoms with E-state index in [-0.39, 0.29) is 5.60 Å². The van der Waals surface area contributed by atoms with Crippen LogP contribution in [-0.4, -0.2) is 24.3 Å². The number of rotatable bonds is 4. The maximum absolute atomic E-state index is 6.35. The van der Waals surface area contributed by atoms with Crippen LogP contribution in [-0.2, 0) is 4.74 Å². The second-order valence-electron chi connectivity index (χ2n) is 8.21. The van der Waals surface area contributed by atoms with Crippen LogP contribution in [0.5, 0.6) is 0 Å². The predicted octanol–water partition coefficient (Wildman–Crippen LogP) is 4.38. The monoisotopic (exact) mass is 269 g/mol. The van der Waals surface area contributed by atoms with Crippen molar-refractivity contribution in [1.82, 2.24) is 5.32 Å². The summed E-state index contributed by atoms with van der Waals surface area (Å²) in [7, 11) is 0. The van der Waals surface area contributed by atoms with Crippen LogP contribution >= 0.6 is 0 Å². The zero-order chi connectivity index (χ0) is 14.7. The minimum atomic E-state index is -0.0451. The molecule has 19 heavy (non-hydrogen) atoms. The van der Waals surface area contributed by atoms with Crippen LogP contribution in [0.25, 0.3) is 0 Å². The first-order valence-corrected chi connectivity index (χ1v) is 8.04. The number of ether oxygens (including phenoxy) is 1. The molecule has 0 bridgehead atoms. The predicted molar refractivity (Wildman–Crippen MR) is 83.5 cm³/mol. The minimum Gasteiger partial charge on any atom is -0.371 e. The Bertz CT molecular complexity index is 261. The van der Waals surface area contributed by atoms with Gasteiger partial charge in [0.1, 0.15) is 0 Å². The van der Waals surface area contributed by atoms with Crippen molar-refractivity contribution in [2.75, 3.05) is 6.54 Å². The second kappa shape index (κ2) is 6.58. The summed E-state index contributed by atoms with van der Waals surface area (Å²) < 4.78 is 6.35. The van der Waals surface area contributed by atoms with Gasteiger partial charge in [0, 0.05) is 6.04 Å². The topological polar surface area (TPSA) is 21.3 Å². The second-order valence-corrected chi connectivity index (χ2v) is 8.21. The van der Waals surface area contributed by atoms with Gasteiger partial charge in [0.05, 0.1) is 11.7 Å². The van der Waals surface area contributed by atoms with Gasteiger partial charge in [-0.2, -0.15) is 0 Å². The van der Waals surface area contributed by atoms with Gasteiger partial charge >= 0.3 is 0 Å². The van der Waals surface area contributed by atoms with Crippen LogP contribution in [0.3, 0.4) is 0 Å². The molecule has 0 saturated heterocycles. The van der Waals surface area contributed by atoms with Crippen molar-refractivity contribution >= 4 is 0 Å². The Morgan fingerprint density at radius 3 is 2.16 bits per heavy atom. The molecule has 2 nitrogen and oxygen atoms in total. The van der Waals surface area contributed by atoms with Crippen molar-refractivity contribution in [3.05, 3.63) is 0 Å². The zero-order valence-corrected chi connectivity index (χ0v) is 14.2. The third-order valence-corrected chi connectivity index (χ3v) is 4.18. The lowest BCUT2D eigenvalue weighted by atomic mass is 9.70. The average molecular weight is 269 g/mol. The Kier molecular flexibility index (Phi) is 5.88. The Morgan fingerprint density at radius 1 is 1.05 bits per heavy atom. The molecule has 3 unspecified atom stereocenters. The largest absolute Gasteiger partial charge is 0.371 e. The minimum absolute atomic E-state index is 0.0451. The molecule has 1 saturated carbocycles. The molecule has 1 rings (SSSR count). The fourth-order valence-electron chi connectivity index (χ4n) is 3.06. The van der Waals surface area contributed by atoms with Gasteiger partial charge in [-0.25, -0.2) is 0 Å². The SMILES string of the molecule is CCCNC1CCC(C(C)(C)C)CC1OC(C)(C)C. The molecule has 1 aliphatic carbocycles. The van der Waals surface area contributed by atoms with Gasteiger partial charge in [-0.1, -0.05) is 27.7 Å². The number of hydrogen-bond donors (Lipinski definition) is 1. The standard InChI is InChI=1S/C17H35NO/c1-8-11-18-14-10-9-13(16(2,3)4)12-15(14)19-17(5,6)7/h13-15,18H,8-12H2,1-7H3. The summed E-state index contributed by atoms with van der Waals surface area (Å²) in [5, 5.41) is 3.69. The highest BCUT2D eigenvalue weighted by Crippen LogP contribution is 2.39. The summed E-state index contributed by atoms with van der Waals surface area (Å²) in [6.45, 7) is 16.9. The summed E-state index contributed by atoms with van der Waals surface area (Å²) in [4.78, 5) is 0. The maximum Gasteiger partial charge on any atom is 0.0737 e. The lowest BCUT2D eigenvalue weighted by Gasteiger charge is -2.44. The molecule has 2 heteroatoms. The van der Waals surface area contributed by atoms with Gasteiger partial charge in [0.25, 0.3) is 0 Å². The zero-order valence-electron chi connectivity index (χ0n) is 14.2. The molecular formula is C17H35NO. The van der Waals surface area contributed by atoms with Crippen LogP contribution in [0.2, 0.25) is 0 Å². The van der Waals surface area contributed by atoms with E-state index in [1.165, 1.54) is 25.7 Å². The van der Waals surface area contributed by atoms with Crippen molar-refractivity contribution in [2.24, 2.45) is 11.3 Å². The smallest absolute Gasteiger partial charge is 0.0737 e. The van der Waals surface area contributed by atoms with Crippen molar-refractivity contribution in [3.8, 4) is 0 Å². The summed E-state index contributed by atoms with van der Waals surface area (Å²) in [5.41, 5.74) is 0.353. The van der Waals surface area contributed by atoms with Crippen molar-refractivity contribution in [3.63, 3.8) is 0 Å². The molecule has 0 aromatic rings. The third kappa shape index (κ3) is 5.83. The van der Waals surface area contributed by atoms with E-state index in [1.54, 1.807) is 0 Å². The summed E-state index contributed by atoms with van der Waals surface area (Å²) in [6, 6.07) is 0.540. The lowest BCUT2D eigenvalue weighted by molar-refractivity contribution is -0.103.